The minimum atomic E-state index is -4.87. The average Bonchev–Trinajstić information content (AvgIpc) is 4.06. The molecular weight excluding hydrogens is 922 g/mol. The third kappa shape index (κ3) is 11.7. The molecule has 372 valence electrons. The monoisotopic (exact) mass is 976 g/mol. The Morgan fingerprint density at radius 2 is 1.54 bits per heavy atom. The number of anilines is 2. The number of amides is 6. The molecule has 2 fully saturated rings. The van der Waals surface area contributed by atoms with Gasteiger partial charge >= 0.3 is 12.2 Å². The van der Waals surface area contributed by atoms with Crippen LogP contribution in [0.5, 0.6) is 5.75 Å². The largest absolute Gasteiger partial charge is 0.494 e. The van der Waals surface area contributed by atoms with Crippen molar-refractivity contribution in [2.75, 3.05) is 36.2 Å². The van der Waals surface area contributed by atoms with E-state index < -0.39 is 76.1 Å². The van der Waals surface area contributed by atoms with Crippen molar-refractivity contribution in [2.24, 2.45) is 5.41 Å². The first-order valence-electron chi connectivity index (χ1n) is 23.0. The molecule has 0 radical (unpaired) electrons. The summed E-state index contributed by atoms with van der Waals surface area (Å²) in [5, 5.41) is 32.3. The molecule has 71 heavy (non-hydrogen) atoms. The van der Waals surface area contributed by atoms with Crippen LogP contribution >= 0.6 is 0 Å². The van der Waals surface area contributed by atoms with Gasteiger partial charge in [0.15, 0.2) is 0 Å². The number of benzene rings is 4. The fourth-order valence-electron chi connectivity index (χ4n) is 8.52. The Morgan fingerprint density at radius 1 is 0.901 bits per heavy atom. The van der Waals surface area contributed by atoms with Crippen molar-refractivity contribution in [1.82, 2.24) is 25.7 Å². The number of unbranched alkanes of at least 4 members (excludes halogenated alkanes) is 1. The summed E-state index contributed by atoms with van der Waals surface area (Å²) in [7, 11) is 0. The normalized spacial score (nSPS) is 17.3. The maximum Gasteiger partial charge on any atom is 0.417 e. The van der Waals surface area contributed by atoms with Crippen molar-refractivity contribution >= 4 is 41.0 Å². The predicted molar refractivity (Wildman–Crippen MR) is 256 cm³/mol. The summed E-state index contributed by atoms with van der Waals surface area (Å²) in [6.07, 6.45) is -2.84. The van der Waals surface area contributed by atoms with E-state index >= 15 is 0 Å². The molecule has 4 N–H and O–H groups in total. The van der Waals surface area contributed by atoms with Crippen LogP contribution in [0.4, 0.5) is 29.3 Å². The number of nitrogens with zero attached hydrogens (tertiary/aromatic N) is 5. The van der Waals surface area contributed by atoms with Crippen LogP contribution in [0.25, 0.3) is 22.4 Å². The van der Waals surface area contributed by atoms with Crippen LogP contribution in [0.2, 0.25) is 0 Å². The van der Waals surface area contributed by atoms with E-state index in [2.05, 4.69) is 20.8 Å². The Bertz CT molecular complexity index is 2770. The number of nitrogens with one attached hydrogen (secondary N) is 3. The maximum absolute atomic E-state index is 14.0. The summed E-state index contributed by atoms with van der Waals surface area (Å²) in [6.45, 7) is 8.95. The number of aliphatic hydroxyl groups excluding tert-OH is 1. The van der Waals surface area contributed by atoms with Crippen molar-refractivity contribution < 1.29 is 51.7 Å². The highest BCUT2D eigenvalue weighted by Gasteiger charge is 2.53. The van der Waals surface area contributed by atoms with Gasteiger partial charge in [-0.3, -0.25) is 29.2 Å². The Labute approximate surface area is 408 Å². The zero-order chi connectivity index (χ0) is 51.3. The van der Waals surface area contributed by atoms with Gasteiger partial charge in [-0.05, 0) is 103 Å². The van der Waals surface area contributed by atoms with Gasteiger partial charge in [0, 0.05) is 38.0 Å². The number of carbonyl (C=O) groups is 5. The van der Waals surface area contributed by atoms with E-state index in [0.717, 1.165) is 40.1 Å². The van der Waals surface area contributed by atoms with Gasteiger partial charge in [-0.2, -0.15) is 23.5 Å². The number of nitriles is 1. The van der Waals surface area contributed by atoms with Gasteiger partial charge in [0.25, 0.3) is 5.91 Å². The summed E-state index contributed by atoms with van der Waals surface area (Å²) in [5.74, 6) is -1.48. The number of rotatable bonds is 17. The Kier molecular flexibility index (Phi) is 15.3. The molecule has 19 heteroatoms. The molecule has 7 rings (SSSR count). The lowest BCUT2D eigenvalue weighted by molar-refractivity contribution is -0.144. The van der Waals surface area contributed by atoms with Crippen molar-refractivity contribution in [2.45, 2.75) is 90.3 Å². The number of carbonyl (C=O) groups excluding carboxylic acids is 5. The molecule has 0 spiro atoms. The standard InChI is InChI=1S/C52H55F3N8O8/c1-50(2,3)45(47(67)61-30-39(64)27-43(61)46(66)57-29-32-8-10-35(11-9-32)42-22-23-58-60-42)59-44(65)31-70-24-6-7-25-71-40-20-15-34(16-21-40)33-12-17-37(18-13-33)63-49(69)62(48(68)51(63,4)5)38-19-14-36(28-56)41(26-38)52(53,54)55/h8-23,26,39,43,45,64H,6-7,24-25,27,29-31H2,1-5H3,(H,57,66)(H,58,60)(H,59,65)/t39-,43+,45-/m1/s1. The van der Waals surface area contributed by atoms with E-state index in [1.54, 1.807) is 42.6 Å². The molecule has 0 saturated carbocycles. The SMILES string of the molecule is CC(C)(C)[C@H](NC(=O)COCCCCOc1ccc(-c2ccc(N3C(=O)N(c4ccc(C#N)c(C(F)(F)F)c4)C(=O)C3(C)C)cc2)cc1)C(=O)N1C[C@H](O)C[C@H]1C(=O)NCc1ccc(-c2ccn[nH]2)cc1. The molecule has 16 nitrogen and oxygen atoms in total. The first kappa shape index (κ1) is 51.3. The van der Waals surface area contributed by atoms with Gasteiger partial charge in [0.05, 0.1) is 41.3 Å². The Morgan fingerprint density at radius 3 is 2.15 bits per heavy atom. The molecule has 2 aliphatic rings. The van der Waals surface area contributed by atoms with Crippen LogP contribution in [-0.2, 0) is 36.6 Å². The van der Waals surface area contributed by atoms with Crippen molar-refractivity contribution in [1.29, 1.82) is 5.26 Å². The van der Waals surface area contributed by atoms with Gasteiger partial charge in [0.2, 0.25) is 17.7 Å². The van der Waals surface area contributed by atoms with Crippen LogP contribution in [0.3, 0.4) is 0 Å². The van der Waals surface area contributed by atoms with Gasteiger partial charge in [-0.25, -0.2) is 9.69 Å². The lowest BCUT2D eigenvalue weighted by atomic mass is 9.85. The molecule has 0 unspecified atom stereocenters. The fourth-order valence-corrected chi connectivity index (χ4v) is 8.52. The summed E-state index contributed by atoms with van der Waals surface area (Å²) in [4.78, 5) is 70.8. The molecule has 3 heterocycles. The van der Waals surface area contributed by atoms with Crippen LogP contribution < -0.4 is 25.2 Å². The topological polar surface area (TPSA) is 210 Å². The number of aromatic amines is 1. The highest BCUT2D eigenvalue weighted by molar-refractivity contribution is 6.30. The van der Waals surface area contributed by atoms with Gasteiger partial charge < -0.3 is 30.1 Å². The first-order chi connectivity index (χ1) is 33.7. The molecule has 6 amide bonds. The van der Waals surface area contributed by atoms with Crippen molar-refractivity contribution in [3.63, 3.8) is 0 Å². The van der Waals surface area contributed by atoms with Crippen molar-refractivity contribution in [3.8, 4) is 34.2 Å². The Hall–Kier alpha value is -7.56. The first-order valence-corrected chi connectivity index (χ1v) is 23.0. The number of aromatic nitrogens is 2. The number of imide groups is 1. The number of halogens is 3. The predicted octanol–water partition coefficient (Wildman–Crippen LogP) is 7.37. The maximum atomic E-state index is 14.0. The van der Waals surface area contributed by atoms with Gasteiger partial charge in [-0.1, -0.05) is 69.3 Å². The molecule has 4 aromatic carbocycles. The van der Waals surface area contributed by atoms with Crippen LogP contribution in [0.1, 0.15) is 70.6 Å². The van der Waals surface area contributed by atoms with Gasteiger partial charge in [-0.15, -0.1) is 0 Å². The lowest BCUT2D eigenvalue weighted by Crippen LogP contribution is -2.58. The minimum Gasteiger partial charge on any atom is -0.494 e. The van der Waals surface area contributed by atoms with Crippen LogP contribution in [0.15, 0.2) is 103 Å². The lowest BCUT2D eigenvalue weighted by Gasteiger charge is -2.35. The van der Waals surface area contributed by atoms with Gasteiger partial charge in [0.1, 0.15) is 30.0 Å². The second-order valence-corrected chi connectivity index (χ2v) is 19.0. The Balaban J connectivity index is 0.841. The number of likely N-dealkylation sites (tertiary alicyclic amines) is 1. The minimum absolute atomic E-state index is 0.0454. The van der Waals surface area contributed by atoms with Crippen LogP contribution in [0, 0.1) is 16.7 Å². The second kappa shape index (κ2) is 21.2. The quantitative estimate of drug-likeness (QED) is 0.0537. The number of aliphatic hydroxyl groups is 1. The van der Waals surface area contributed by atoms with E-state index in [1.807, 2.05) is 63.2 Å². The average molecular weight is 977 g/mol. The number of alkyl halides is 3. The number of urea groups is 1. The van der Waals surface area contributed by atoms with Crippen molar-refractivity contribution in [3.05, 3.63) is 120 Å². The third-order valence-corrected chi connectivity index (χ3v) is 12.4. The smallest absolute Gasteiger partial charge is 0.417 e. The molecule has 0 aliphatic carbocycles. The van der Waals surface area contributed by atoms with E-state index in [1.165, 1.54) is 29.7 Å². The summed E-state index contributed by atoms with van der Waals surface area (Å²) in [5.41, 5.74) is 0.303. The molecule has 5 aromatic rings. The zero-order valence-corrected chi connectivity index (χ0v) is 39.9. The second-order valence-electron chi connectivity index (χ2n) is 19.0. The van der Waals surface area contributed by atoms with E-state index in [4.69, 9.17) is 9.47 Å². The number of H-pyrrole nitrogens is 1. The van der Waals surface area contributed by atoms with E-state index in [0.29, 0.717) is 41.9 Å². The number of hydrogen-bond acceptors (Lipinski definition) is 10. The summed E-state index contributed by atoms with van der Waals surface area (Å²) in [6, 6.07) is 25.0. The highest BCUT2D eigenvalue weighted by atomic mass is 19.4. The number of hydrogen-bond donors (Lipinski definition) is 4. The number of ether oxygens (including phenoxy) is 2. The molecule has 2 saturated heterocycles. The molecule has 1 aromatic heterocycles. The molecule has 3 atom stereocenters. The fraction of sp³-hybridized carbons (Fsp3) is 0.365. The third-order valence-electron chi connectivity index (χ3n) is 12.4. The molecule has 2 aliphatic heterocycles. The zero-order valence-electron chi connectivity index (χ0n) is 39.9. The van der Waals surface area contributed by atoms with E-state index in [9.17, 15) is 47.5 Å². The molecule has 0 bridgehead atoms. The summed E-state index contributed by atoms with van der Waals surface area (Å²) < 4.78 is 52.7. The summed E-state index contributed by atoms with van der Waals surface area (Å²) >= 11 is 0. The molecular formula is C52H55F3N8O8. The number of β-amino-alcohol motifs (C(OH)–C–C–N with tert-alkyl or cyclic N) is 1. The van der Waals surface area contributed by atoms with Crippen LogP contribution in [-0.4, -0.2) is 100.0 Å². The van der Waals surface area contributed by atoms with E-state index in [-0.39, 0.29) is 38.4 Å². The highest BCUT2D eigenvalue weighted by Crippen LogP contribution is 2.40.